The molecule has 8 nitrogen and oxygen atoms in total. The predicted octanol–water partition coefficient (Wildman–Crippen LogP) is 4.71. The SMILES string of the molecule is CN(C)CC1CC1(F)F.COc1nc2c(c(N3CCCCCC3C)n1)CN(C(=O)OC(C)(C)C)C2. The highest BCUT2D eigenvalue weighted by Crippen LogP contribution is 2.48. The molecule has 10 heteroatoms. The first kappa shape index (κ1) is 27.4. The van der Waals surface area contributed by atoms with Crippen molar-refractivity contribution in [3.05, 3.63) is 11.3 Å². The molecule has 1 aliphatic carbocycles. The lowest BCUT2D eigenvalue weighted by Gasteiger charge is -2.30. The number of amides is 1. The molecule has 0 bridgehead atoms. The molecule has 0 aromatic carbocycles. The van der Waals surface area contributed by atoms with Crippen LogP contribution in [0.25, 0.3) is 0 Å². The van der Waals surface area contributed by atoms with Crippen LogP contribution in [0.15, 0.2) is 0 Å². The molecule has 1 aromatic heterocycles. The largest absolute Gasteiger partial charge is 0.467 e. The van der Waals surface area contributed by atoms with E-state index in [2.05, 4.69) is 21.8 Å². The minimum absolute atomic E-state index is 0.0885. The Morgan fingerprint density at radius 1 is 1.17 bits per heavy atom. The summed E-state index contributed by atoms with van der Waals surface area (Å²) in [5.74, 6) is -1.80. The summed E-state index contributed by atoms with van der Waals surface area (Å²) >= 11 is 0. The Labute approximate surface area is 208 Å². The van der Waals surface area contributed by atoms with Crippen LogP contribution in [-0.2, 0) is 17.8 Å². The number of halogens is 2. The van der Waals surface area contributed by atoms with Crippen LogP contribution in [0, 0.1) is 5.92 Å². The van der Waals surface area contributed by atoms with E-state index in [0.717, 1.165) is 36.5 Å². The summed E-state index contributed by atoms with van der Waals surface area (Å²) in [4.78, 5) is 27.5. The van der Waals surface area contributed by atoms with Crippen LogP contribution in [0.2, 0.25) is 0 Å². The molecule has 3 aliphatic rings. The van der Waals surface area contributed by atoms with E-state index in [1.807, 2.05) is 34.9 Å². The summed E-state index contributed by atoms with van der Waals surface area (Å²) in [5, 5.41) is 0. The lowest BCUT2D eigenvalue weighted by atomic mass is 10.1. The van der Waals surface area contributed by atoms with Gasteiger partial charge in [-0.1, -0.05) is 12.8 Å². The van der Waals surface area contributed by atoms with Crippen LogP contribution < -0.4 is 9.64 Å². The fourth-order valence-corrected chi connectivity index (χ4v) is 4.50. The van der Waals surface area contributed by atoms with E-state index in [0.29, 0.717) is 31.7 Å². The van der Waals surface area contributed by atoms with Gasteiger partial charge in [0.2, 0.25) is 0 Å². The van der Waals surface area contributed by atoms with Crippen LogP contribution in [0.3, 0.4) is 0 Å². The second-order valence-corrected chi connectivity index (χ2v) is 11.1. The number of nitrogens with zero attached hydrogens (tertiary/aromatic N) is 5. The van der Waals surface area contributed by atoms with Gasteiger partial charge in [-0.3, -0.25) is 4.90 Å². The van der Waals surface area contributed by atoms with E-state index in [1.165, 1.54) is 12.8 Å². The Kier molecular flexibility index (Phi) is 8.44. The second kappa shape index (κ2) is 10.8. The Morgan fingerprint density at radius 3 is 2.40 bits per heavy atom. The summed E-state index contributed by atoms with van der Waals surface area (Å²) in [6, 6.07) is 0.776. The third-order valence-electron chi connectivity index (χ3n) is 6.44. The fourth-order valence-electron chi connectivity index (χ4n) is 4.50. The number of carbonyl (C=O) groups is 1. The third kappa shape index (κ3) is 7.38. The molecule has 35 heavy (non-hydrogen) atoms. The van der Waals surface area contributed by atoms with E-state index in [-0.39, 0.29) is 18.4 Å². The molecule has 1 amide bonds. The lowest BCUT2D eigenvalue weighted by Crippen LogP contribution is -2.35. The van der Waals surface area contributed by atoms with Gasteiger partial charge in [-0.15, -0.1) is 0 Å². The van der Waals surface area contributed by atoms with Crippen molar-refractivity contribution in [1.82, 2.24) is 19.8 Å². The maximum absolute atomic E-state index is 12.5. The van der Waals surface area contributed by atoms with E-state index in [1.54, 1.807) is 16.9 Å². The molecule has 0 N–H and O–H groups in total. The van der Waals surface area contributed by atoms with Gasteiger partial charge in [0.25, 0.3) is 5.92 Å². The first-order valence-corrected chi connectivity index (χ1v) is 12.5. The van der Waals surface area contributed by atoms with Crippen molar-refractivity contribution < 1.29 is 23.0 Å². The molecule has 2 aliphatic heterocycles. The zero-order valence-electron chi connectivity index (χ0n) is 22.2. The molecule has 2 fully saturated rings. The second-order valence-electron chi connectivity index (χ2n) is 11.1. The highest BCUT2D eigenvalue weighted by Gasteiger charge is 2.56. The number of hydrogen-bond acceptors (Lipinski definition) is 7. The maximum atomic E-state index is 12.5. The van der Waals surface area contributed by atoms with E-state index in [4.69, 9.17) is 9.47 Å². The van der Waals surface area contributed by atoms with Gasteiger partial charge >= 0.3 is 12.1 Å². The van der Waals surface area contributed by atoms with Gasteiger partial charge < -0.3 is 19.3 Å². The Bertz CT molecular complexity index is 891. The maximum Gasteiger partial charge on any atom is 0.410 e. The van der Waals surface area contributed by atoms with Crippen molar-refractivity contribution in [2.45, 2.75) is 90.5 Å². The average Bonchev–Trinajstić information content (AvgIpc) is 3.20. The highest BCUT2D eigenvalue weighted by atomic mass is 19.3. The number of anilines is 1. The number of rotatable bonds is 4. The monoisotopic (exact) mass is 497 g/mol. The third-order valence-corrected chi connectivity index (χ3v) is 6.44. The van der Waals surface area contributed by atoms with Crippen LogP contribution in [0.4, 0.5) is 19.4 Å². The molecule has 1 aromatic rings. The smallest absolute Gasteiger partial charge is 0.410 e. The molecule has 198 valence electrons. The molecule has 0 radical (unpaired) electrons. The fraction of sp³-hybridized carbons (Fsp3) is 0.800. The zero-order chi connectivity index (χ0) is 26.0. The van der Waals surface area contributed by atoms with Crippen molar-refractivity contribution in [2.24, 2.45) is 5.92 Å². The summed E-state index contributed by atoms with van der Waals surface area (Å²) in [6.07, 6.45) is 4.56. The number of carbonyl (C=O) groups excluding carboxylic acids is 1. The predicted molar refractivity (Wildman–Crippen MR) is 131 cm³/mol. The van der Waals surface area contributed by atoms with Crippen LogP contribution in [-0.4, -0.2) is 77.7 Å². The Morgan fingerprint density at radius 2 is 1.86 bits per heavy atom. The number of aromatic nitrogens is 2. The number of hydrogen-bond donors (Lipinski definition) is 0. The summed E-state index contributed by atoms with van der Waals surface area (Å²) in [5.41, 5.74) is 1.36. The van der Waals surface area contributed by atoms with E-state index < -0.39 is 11.5 Å². The first-order chi connectivity index (χ1) is 16.3. The van der Waals surface area contributed by atoms with Gasteiger partial charge in [-0.25, -0.2) is 13.6 Å². The van der Waals surface area contributed by atoms with Gasteiger partial charge in [0.1, 0.15) is 11.4 Å². The van der Waals surface area contributed by atoms with Crippen molar-refractivity contribution in [3.63, 3.8) is 0 Å². The number of methoxy groups -OCH3 is 1. The summed E-state index contributed by atoms with van der Waals surface area (Å²) < 4.78 is 35.1. The minimum atomic E-state index is -2.34. The molecule has 4 rings (SSSR count). The number of alkyl halides is 2. The molecule has 1 saturated heterocycles. The summed E-state index contributed by atoms with van der Waals surface area (Å²) in [6.45, 7) is 10.3. The summed E-state index contributed by atoms with van der Waals surface area (Å²) in [7, 11) is 5.21. The van der Waals surface area contributed by atoms with Gasteiger partial charge in [0, 0.05) is 37.0 Å². The van der Waals surface area contributed by atoms with Crippen molar-refractivity contribution >= 4 is 11.9 Å². The number of ether oxygens (including phenoxy) is 2. The van der Waals surface area contributed by atoms with Gasteiger partial charge in [0.15, 0.2) is 0 Å². The Hall–Kier alpha value is -2.23. The van der Waals surface area contributed by atoms with Crippen molar-refractivity contribution in [2.75, 3.05) is 39.2 Å². The van der Waals surface area contributed by atoms with E-state index in [9.17, 15) is 13.6 Å². The minimum Gasteiger partial charge on any atom is -0.467 e. The van der Waals surface area contributed by atoms with Gasteiger partial charge in [-0.05, 0) is 54.6 Å². The standard InChI is InChI=1S/C19H30N4O3.C6H11F2N/c1-13-9-7-6-8-10-23(13)16-14-11-22(18(24)26-19(2,3)4)12-15(14)20-17(21-16)25-5;1-9(2)4-5-3-6(5,7)8/h13H,6-12H2,1-5H3;5H,3-4H2,1-2H3. The van der Waals surface area contributed by atoms with Crippen molar-refractivity contribution in [1.29, 1.82) is 0 Å². The van der Waals surface area contributed by atoms with Crippen molar-refractivity contribution in [3.8, 4) is 6.01 Å². The van der Waals surface area contributed by atoms with Crippen LogP contribution in [0.5, 0.6) is 6.01 Å². The molecular formula is C25H41F2N5O3. The number of fused-ring (bicyclic) bond motifs is 1. The molecule has 0 spiro atoms. The quantitative estimate of drug-likeness (QED) is 0.597. The zero-order valence-corrected chi connectivity index (χ0v) is 22.2. The molecular weight excluding hydrogens is 456 g/mol. The highest BCUT2D eigenvalue weighted by molar-refractivity contribution is 5.70. The van der Waals surface area contributed by atoms with Crippen LogP contribution >= 0.6 is 0 Å². The average molecular weight is 498 g/mol. The van der Waals surface area contributed by atoms with E-state index >= 15 is 0 Å². The molecule has 1 saturated carbocycles. The molecule has 3 heterocycles. The van der Waals surface area contributed by atoms with Crippen LogP contribution in [0.1, 0.15) is 71.1 Å². The first-order valence-electron chi connectivity index (χ1n) is 12.5. The topological polar surface area (TPSA) is 71.0 Å². The normalized spacial score (nSPS) is 23.3. The Balaban J connectivity index is 0.000000320. The molecule has 2 unspecified atom stereocenters. The van der Waals surface area contributed by atoms with Gasteiger partial charge in [-0.2, -0.15) is 9.97 Å². The lowest BCUT2D eigenvalue weighted by molar-refractivity contribution is 0.0240. The molecule has 2 atom stereocenters. The van der Waals surface area contributed by atoms with Gasteiger partial charge in [0.05, 0.1) is 25.9 Å².